The summed E-state index contributed by atoms with van der Waals surface area (Å²) in [5.41, 5.74) is -2.45. The van der Waals surface area contributed by atoms with Crippen LogP contribution in [0, 0.1) is 0 Å². The first-order valence-corrected chi connectivity index (χ1v) is 9.67. The topological polar surface area (TPSA) is 84.2 Å². The Bertz CT molecular complexity index is 882. The third-order valence-electron chi connectivity index (χ3n) is 4.57. The highest BCUT2D eigenvalue weighted by Gasteiger charge is 2.43. The Balaban J connectivity index is 2.23. The van der Waals surface area contributed by atoms with E-state index in [1.54, 1.807) is 11.8 Å². The summed E-state index contributed by atoms with van der Waals surface area (Å²) >= 11 is 0. The van der Waals surface area contributed by atoms with Crippen LogP contribution in [0.5, 0.6) is 17.4 Å². The average molecular weight is 439 g/mol. The molecule has 0 saturated carbocycles. The molecule has 168 valence electrons. The zero-order chi connectivity index (χ0) is 23.1. The number of alkyl halides is 3. The molecule has 1 heterocycles. The molecule has 0 fully saturated rings. The van der Waals surface area contributed by atoms with Crippen LogP contribution in [0.15, 0.2) is 47.8 Å². The molecule has 2 rings (SSSR count). The van der Waals surface area contributed by atoms with Gasteiger partial charge in [-0.3, -0.25) is 9.69 Å². The lowest BCUT2D eigenvalue weighted by Crippen LogP contribution is -2.60. The van der Waals surface area contributed by atoms with Crippen LogP contribution in [0.2, 0.25) is 0 Å². The van der Waals surface area contributed by atoms with Crippen molar-refractivity contribution in [2.24, 2.45) is 5.16 Å². The number of aromatic nitrogens is 1. The minimum atomic E-state index is -4.48. The molecule has 0 aliphatic heterocycles. The maximum Gasteiger partial charge on any atom is 0.417 e. The molecular weight excluding hydrogens is 415 g/mol. The smallest absolute Gasteiger partial charge is 0.417 e. The van der Waals surface area contributed by atoms with Crippen LogP contribution in [-0.4, -0.2) is 45.9 Å². The van der Waals surface area contributed by atoms with Gasteiger partial charge in [-0.25, -0.2) is 4.98 Å². The fraction of sp³-hybridized carbons (Fsp3) is 0.381. The van der Waals surface area contributed by atoms with E-state index < -0.39 is 17.5 Å². The van der Waals surface area contributed by atoms with E-state index in [4.69, 9.17) is 14.7 Å². The molecule has 0 aliphatic rings. The second kappa shape index (κ2) is 10.3. The second-order valence-corrected chi connectivity index (χ2v) is 6.45. The Morgan fingerprint density at radius 1 is 1.10 bits per heavy atom. The summed E-state index contributed by atoms with van der Waals surface area (Å²) < 4.78 is 49.3. The highest BCUT2D eigenvalue weighted by atomic mass is 19.4. The molecule has 1 aromatic heterocycles. The standard InChI is InChI=1S/C21H24F3N3O4/c1-4-18(28)20(14-26-29,27(5-2)6-3)31-17-10-8-16(9-11-17)30-19-12-7-15(13-25-19)21(22,23)24/h7-14,29H,4-6H2,1-3H3. The highest BCUT2D eigenvalue weighted by molar-refractivity contribution is 6.02. The van der Waals surface area contributed by atoms with E-state index in [9.17, 15) is 18.0 Å². The van der Waals surface area contributed by atoms with Gasteiger partial charge in [-0.15, -0.1) is 0 Å². The van der Waals surface area contributed by atoms with E-state index in [2.05, 4.69) is 10.1 Å². The van der Waals surface area contributed by atoms with Crippen LogP contribution >= 0.6 is 0 Å². The van der Waals surface area contributed by atoms with Crippen LogP contribution in [0.4, 0.5) is 13.2 Å². The lowest BCUT2D eigenvalue weighted by atomic mass is 10.0. The van der Waals surface area contributed by atoms with Crippen molar-refractivity contribution >= 4 is 12.0 Å². The first kappa shape index (κ1) is 24.1. The predicted octanol–water partition coefficient (Wildman–Crippen LogP) is 4.75. The van der Waals surface area contributed by atoms with Gasteiger partial charge < -0.3 is 14.7 Å². The van der Waals surface area contributed by atoms with E-state index in [-0.39, 0.29) is 18.1 Å². The van der Waals surface area contributed by atoms with Crippen molar-refractivity contribution in [3.63, 3.8) is 0 Å². The number of halogens is 3. The molecule has 0 amide bonds. The van der Waals surface area contributed by atoms with Gasteiger partial charge in [0.25, 0.3) is 5.72 Å². The van der Waals surface area contributed by atoms with Crippen LogP contribution in [0.3, 0.4) is 0 Å². The minimum Gasteiger partial charge on any atom is -0.460 e. The number of nitrogens with zero attached hydrogens (tertiary/aromatic N) is 3. The molecule has 1 aromatic carbocycles. The molecule has 0 radical (unpaired) electrons. The molecule has 0 bridgehead atoms. The molecule has 0 spiro atoms. The van der Waals surface area contributed by atoms with Gasteiger partial charge in [0.05, 0.1) is 5.56 Å². The van der Waals surface area contributed by atoms with Crippen molar-refractivity contribution in [3.05, 3.63) is 48.2 Å². The quantitative estimate of drug-likeness (QED) is 0.249. The zero-order valence-electron chi connectivity index (χ0n) is 17.4. The number of hydrogen-bond donors (Lipinski definition) is 1. The third-order valence-corrected chi connectivity index (χ3v) is 4.57. The van der Waals surface area contributed by atoms with Crippen molar-refractivity contribution < 1.29 is 32.6 Å². The Morgan fingerprint density at radius 3 is 2.16 bits per heavy atom. The van der Waals surface area contributed by atoms with Gasteiger partial charge in [0.1, 0.15) is 17.7 Å². The van der Waals surface area contributed by atoms with Crippen LogP contribution in [0.25, 0.3) is 0 Å². The molecule has 7 nitrogen and oxygen atoms in total. The fourth-order valence-electron chi connectivity index (χ4n) is 2.99. The normalized spacial score (nSPS) is 13.9. The maximum atomic E-state index is 12.7. The summed E-state index contributed by atoms with van der Waals surface area (Å²) in [5.74, 6) is 0.322. The summed E-state index contributed by atoms with van der Waals surface area (Å²) in [4.78, 5) is 18.1. The second-order valence-electron chi connectivity index (χ2n) is 6.45. The number of likely N-dealkylation sites (N-methyl/N-ethyl adjacent to an activating group) is 1. The molecule has 10 heteroatoms. The zero-order valence-corrected chi connectivity index (χ0v) is 17.4. The number of hydrogen-bond acceptors (Lipinski definition) is 7. The van der Waals surface area contributed by atoms with Gasteiger partial charge in [-0.05, 0) is 43.4 Å². The molecule has 1 N–H and O–H groups in total. The van der Waals surface area contributed by atoms with Crippen molar-refractivity contribution in [3.8, 4) is 17.4 Å². The molecular formula is C21H24F3N3O4. The van der Waals surface area contributed by atoms with E-state index in [1.165, 1.54) is 24.3 Å². The number of oxime groups is 1. The number of carbonyl (C=O) groups is 1. The molecule has 2 aromatic rings. The Hall–Kier alpha value is -3.14. The number of rotatable bonds is 10. The Labute approximate surface area is 178 Å². The SMILES string of the molecule is CCC(=O)C(C=NO)(Oc1ccc(Oc2ccc(C(F)(F)F)cn2)cc1)N(CC)CC. The first-order valence-electron chi connectivity index (χ1n) is 9.67. The van der Waals surface area contributed by atoms with Gasteiger partial charge in [0.15, 0.2) is 5.78 Å². The Kier molecular flexibility index (Phi) is 7.98. The summed E-state index contributed by atoms with van der Waals surface area (Å²) in [6.45, 7) is 6.32. The number of Topliss-reactive ketones (excluding diaryl/α,β-unsaturated/α-hetero) is 1. The van der Waals surface area contributed by atoms with E-state index in [0.717, 1.165) is 18.3 Å². The fourth-order valence-corrected chi connectivity index (χ4v) is 2.99. The lowest BCUT2D eigenvalue weighted by Gasteiger charge is -2.38. The van der Waals surface area contributed by atoms with E-state index in [1.807, 2.05) is 13.8 Å². The first-order chi connectivity index (χ1) is 14.7. The van der Waals surface area contributed by atoms with Crippen molar-refractivity contribution in [2.75, 3.05) is 13.1 Å². The van der Waals surface area contributed by atoms with Gasteiger partial charge in [0.2, 0.25) is 5.88 Å². The van der Waals surface area contributed by atoms with Crippen molar-refractivity contribution in [2.45, 2.75) is 39.1 Å². The van der Waals surface area contributed by atoms with E-state index >= 15 is 0 Å². The Morgan fingerprint density at radius 2 is 1.71 bits per heavy atom. The number of benzene rings is 1. The van der Waals surface area contributed by atoms with Gasteiger partial charge in [-0.2, -0.15) is 13.2 Å². The number of ketones is 1. The highest BCUT2D eigenvalue weighted by Crippen LogP contribution is 2.31. The van der Waals surface area contributed by atoms with Crippen LogP contribution < -0.4 is 9.47 Å². The van der Waals surface area contributed by atoms with Gasteiger partial charge in [-0.1, -0.05) is 25.9 Å². The summed E-state index contributed by atoms with van der Waals surface area (Å²) in [6.07, 6.45) is -2.57. The minimum absolute atomic E-state index is 0.00673. The van der Waals surface area contributed by atoms with Crippen molar-refractivity contribution in [1.29, 1.82) is 0 Å². The molecule has 0 saturated heterocycles. The van der Waals surface area contributed by atoms with Gasteiger partial charge >= 0.3 is 6.18 Å². The van der Waals surface area contributed by atoms with Crippen molar-refractivity contribution in [1.82, 2.24) is 9.88 Å². The summed E-state index contributed by atoms with van der Waals surface area (Å²) in [5, 5.41) is 12.2. The molecule has 1 atom stereocenters. The number of ether oxygens (including phenoxy) is 2. The largest absolute Gasteiger partial charge is 0.460 e. The molecule has 1 unspecified atom stereocenters. The summed E-state index contributed by atoms with van der Waals surface area (Å²) in [6, 6.07) is 8.11. The van der Waals surface area contributed by atoms with Crippen LogP contribution in [0.1, 0.15) is 32.8 Å². The van der Waals surface area contributed by atoms with Crippen LogP contribution in [-0.2, 0) is 11.0 Å². The predicted molar refractivity (Wildman–Crippen MR) is 108 cm³/mol. The number of carbonyl (C=O) groups excluding carboxylic acids is 1. The van der Waals surface area contributed by atoms with Gasteiger partial charge in [0, 0.05) is 18.7 Å². The van der Waals surface area contributed by atoms with E-state index in [0.29, 0.717) is 30.8 Å². The molecule has 31 heavy (non-hydrogen) atoms. The maximum absolute atomic E-state index is 12.7. The molecule has 0 aliphatic carbocycles. The third kappa shape index (κ3) is 5.72. The lowest BCUT2D eigenvalue weighted by molar-refractivity contribution is -0.141. The summed E-state index contributed by atoms with van der Waals surface area (Å²) in [7, 11) is 0. The average Bonchev–Trinajstić information content (AvgIpc) is 2.75. The number of pyridine rings is 1. The monoisotopic (exact) mass is 439 g/mol.